The Hall–Kier alpha value is -0.570. The average Bonchev–Trinajstić information content (AvgIpc) is 3.03. The second-order valence-corrected chi connectivity index (χ2v) is 7.80. The predicted octanol–water partition coefficient (Wildman–Crippen LogP) is 0.276. The molecule has 108 valence electrons. The summed E-state index contributed by atoms with van der Waals surface area (Å²) in [4.78, 5) is 0.237. The molecule has 1 aromatic rings. The molecule has 6 nitrogen and oxygen atoms in total. The van der Waals surface area contributed by atoms with Crippen LogP contribution >= 0.6 is 11.8 Å². The van der Waals surface area contributed by atoms with Crippen LogP contribution in [0.5, 0.6) is 0 Å². The van der Waals surface area contributed by atoms with Crippen LogP contribution in [-0.4, -0.2) is 49.3 Å². The van der Waals surface area contributed by atoms with Crippen LogP contribution in [0.1, 0.15) is 12.8 Å². The van der Waals surface area contributed by atoms with Crippen LogP contribution in [0.15, 0.2) is 17.3 Å². The Morgan fingerprint density at radius 3 is 2.84 bits per heavy atom. The molecule has 1 saturated carbocycles. The smallest absolute Gasteiger partial charge is 0.243 e. The van der Waals surface area contributed by atoms with Crippen molar-refractivity contribution < 1.29 is 8.42 Å². The molecule has 1 aliphatic carbocycles. The zero-order chi connectivity index (χ0) is 13.9. The molecule has 0 aromatic carbocycles. The van der Waals surface area contributed by atoms with E-state index in [2.05, 4.69) is 15.1 Å². The van der Waals surface area contributed by atoms with Crippen LogP contribution in [-0.2, 0) is 16.6 Å². The number of aromatic nitrogens is 2. The summed E-state index contributed by atoms with van der Waals surface area (Å²) in [6.45, 7) is 1.91. The van der Waals surface area contributed by atoms with E-state index in [1.807, 2.05) is 13.3 Å². The maximum atomic E-state index is 12.1. The van der Waals surface area contributed by atoms with Gasteiger partial charge in [-0.05, 0) is 26.1 Å². The molecule has 0 amide bonds. The minimum atomic E-state index is -3.43. The predicted molar refractivity (Wildman–Crippen MR) is 76.8 cm³/mol. The van der Waals surface area contributed by atoms with Gasteiger partial charge in [-0.3, -0.25) is 4.68 Å². The van der Waals surface area contributed by atoms with Gasteiger partial charge < -0.3 is 5.32 Å². The highest BCUT2D eigenvalue weighted by Crippen LogP contribution is 2.46. The normalized spacial score (nSPS) is 17.6. The third-order valence-corrected chi connectivity index (χ3v) is 6.11. The Morgan fingerprint density at radius 2 is 2.26 bits per heavy atom. The first-order chi connectivity index (χ1) is 9.01. The molecule has 0 radical (unpaired) electrons. The molecule has 0 saturated heterocycles. The zero-order valence-corrected chi connectivity index (χ0v) is 12.9. The molecule has 0 aliphatic heterocycles. The van der Waals surface area contributed by atoms with E-state index in [1.165, 1.54) is 6.20 Å². The van der Waals surface area contributed by atoms with Crippen molar-refractivity contribution in [2.75, 3.05) is 26.4 Å². The summed E-state index contributed by atoms with van der Waals surface area (Å²) in [5.74, 6) is 0. The Morgan fingerprint density at radius 1 is 1.53 bits per heavy atom. The van der Waals surface area contributed by atoms with Crippen molar-refractivity contribution in [3.63, 3.8) is 0 Å². The van der Waals surface area contributed by atoms with Gasteiger partial charge in [-0.25, -0.2) is 13.1 Å². The summed E-state index contributed by atoms with van der Waals surface area (Å²) in [5, 5.41) is 7.05. The summed E-state index contributed by atoms with van der Waals surface area (Å²) in [5.41, 5.74) is 0. The van der Waals surface area contributed by atoms with Gasteiger partial charge in [0.05, 0.1) is 12.7 Å². The van der Waals surface area contributed by atoms with Crippen molar-refractivity contribution in [3.05, 3.63) is 12.4 Å². The van der Waals surface area contributed by atoms with Gasteiger partial charge in [-0.2, -0.15) is 16.9 Å². The van der Waals surface area contributed by atoms with Crippen molar-refractivity contribution in [1.29, 1.82) is 0 Å². The Kier molecular flexibility index (Phi) is 4.54. The number of thioether (sulfide) groups is 1. The fourth-order valence-corrected chi connectivity index (χ4v) is 3.63. The van der Waals surface area contributed by atoms with Gasteiger partial charge in [-0.15, -0.1) is 0 Å². The molecular formula is C11H20N4O2S2. The van der Waals surface area contributed by atoms with Gasteiger partial charge in [0.15, 0.2) is 0 Å². The topological polar surface area (TPSA) is 76.0 Å². The Labute approximate surface area is 118 Å². The highest BCUT2D eigenvalue weighted by Gasteiger charge is 2.42. The minimum absolute atomic E-state index is 0.120. The lowest BCUT2D eigenvalue weighted by Crippen LogP contribution is -2.31. The van der Waals surface area contributed by atoms with E-state index in [1.54, 1.807) is 22.6 Å². The molecule has 0 unspecified atom stereocenters. The summed E-state index contributed by atoms with van der Waals surface area (Å²) >= 11 is 1.73. The van der Waals surface area contributed by atoms with Crippen molar-refractivity contribution in [3.8, 4) is 0 Å². The van der Waals surface area contributed by atoms with Gasteiger partial charge >= 0.3 is 0 Å². The third kappa shape index (κ3) is 3.71. The highest BCUT2D eigenvalue weighted by atomic mass is 32.2. The van der Waals surface area contributed by atoms with Gasteiger partial charge in [0.25, 0.3) is 0 Å². The number of rotatable bonds is 8. The van der Waals surface area contributed by atoms with Crippen LogP contribution in [0.3, 0.4) is 0 Å². The fraction of sp³-hybridized carbons (Fsp3) is 0.727. The number of hydrogen-bond acceptors (Lipinski definition) is 5. The second-order valence-electron chi connectivity index (χ2n) is 4.75. The molecule has 2 N–H and O–H groups in total. The standard InChI is InChI=1S/C11H20N4O2S2/c1-12-5-6-15-8-10(7-13-15)19(16,17)14-9-11(18-2)3-4-11/h7-8,12,14H,3-6,9H2,1-2H3. The zero-order valence-electron chi connectivity index (χ0n) is 11.2. The van der Waals surface area contributed by atoms with Gasteiger partial charge in [-0.1, -0.05) is 0 Å². The van der Waals surface area contributed by atoms with Gasteiger partial charge in [0.1, 0.15) is 4.90 Å². The van der Waals surface area contributed by atoms with Gasteiger partial charge in [0.2, 0.25) is 10.0 Å². The van der Waals surface area contributed by atoms with Crippen molar-refractivity contribution >= 4 is 21.8 Å². The SMILES string of the molecule is CNCCn1cc(S(=O)(=O)NCC2(SC)CC2)cn1. The lowest BCUT2D eigenvalue weighted by atomic mass is 10.4. The molecule has 1 heterocycles. The fourth-order valence-electron chi connectivity index (χ4n) is 1.73. The van der Waals surface area contributed by atoms with E-state index in [4.69, 9.17) is 0 Å². The molecule has 0 spiro atoms. The quantitative estimate of drug-likeness (QED) is 0.721. The molecular weight excluding hydrogens is 284 g/mol. The number of sulfonamides is 1. The molecule has 1 aromatic heterocycles. The van der Waals surface area contributed by atoms with Crippen LogP contribution in [0.4, 0.5) is 0 Å². The first kappa shape index (κ1) is 14.8. The van der Waals surface area contributed by atoms with Crippen LogP contribution in [0.2, 0.25) is 0 Å². The van der Waals surface area contributed by atoms with Crippen LogP contribution in [0.25, 0.3) is 0 Å². The summed E-state index contributed by atoms with van der Waals surface area (Å²) in [6.07, 6.45) is 7.16. The molecule has 19 heavy (non-hydrogen) atoms. The first-order valence-corrected chi connectivity index (χ1v) is 8.94. The molecule has 8 heteroatoms. The van der Waals surface area contributed by atoms with Crippen molar-refractivity contribution in [2.45, 2.75) is 29.0 Å². The first-order valence-electron chi connectivity index (χ1n) is 6.23. The molecule has 1 fully saturated rings. The second kappa shape index (κ2) is 5.82. The van der Waals surface area contributed by atoms with Crippen LogP contribution in [0, 0.1) is 0 Å². The third-order valence-electron chi connectivity index (χ3n) is 3.34. The van der Waals surface area contributed by atoms with Crippen molar-refractivity contribution in [1.82, 2.24) is 19.8 Å². The number of hydrogen-bond donors (Lipinski definition) is 2. The summed E-state index contributed by atoms with van der Waals surface area (Å²) in [6, 6.07) is 0. The largest absolute Gasteiger partial charge is 0.318 e. The highest BCUT2D eigenvalue weighted by molar-refractivity contribution is 8.00. The summed E-state index contributed by atoms with van der Waals surface area (Å²) < 4.78 is 28.7. The Bertz CT molecular complexity index is 523. The van der Waals surface area contributed by atoms with Gasteiger partial charge in [0, 0.05) is 24.0 Å². The van der Waals surface area contributed by atoms with Crippen LogP contribution < -0.4 is 10.0 Å². The monoisotopic (exact) mass is 304 g/mol. The molecule has 0 bridgehead atoms. The lowest BCUT2D eigenvalue weighted by molar-refractivity contribution is 0.575. The number of likely N-dealkylation sites (N-methyl/N-ethyl adjacent to an activating group) is 1. The molecule has 1 aliphatic rings. The number of nitrogens with zero attached hydrogens (tertiary/aromatic N) is 2. The summed E-state index contributed by atoms with van der Waals surface area (Å²) in [7, 11) is -1.59. The van der Waals surface area contributed by atoms with E-state index in [9.17, 15) is 8.42 Å². The van der Waals surface area contributed by atoms with Crippen molar-refractivity contribution in [2.24, 2.45) is 0 Å². The van der Waals surface area contributed by atoms with E-state index >= 15 is 0 Å². The maximum absolute atomic E-state index is 12.1. The molecule has 2 rings (SSSR count). The lowest BCUT2D eigenvalue weighted by Gasteiger charge is -2.12. The Balaban J connectivity index is 1.97. The average molecular weight is 304 g/mol. The minimum Gasteiger partial charge on any atom is -0.318 e. The van der Waals surface area contributed by atoms with E-state index in [0.29, 0.717) is 13.1 Å². The maximum Gasteiger partial charge on any atom is 0.243 e. The van der Waals surface area contributed by atoms with E-state index in [-0.39, 0.29) is 9.64 Å². The molecule has 0 atom stereocenters. The van der Waals surface area contributed by atoms with E-state index < -0.39 is 10.0 Å². The van der Waals surface area contributed by atoms with E-state index in [0.717, 1.165) is 19.4 Å². The number of nitrogens with one attached hydrogen (secondary N) is 2.